The van der Waals surface area contributed by atoms with E-state index >= 15 is 0 Å². The Kier molecular flexibility index (Phi) is 4.92. The average molecular weight is 305 g/mol. The number of amides is 1. The van der Waals surface area contributed by atoms with E-state index < -0.39 is 36.0 Å². The summed E-state index contributed by atoms with van der Waals surface area (Å²) in [5, 5.41) is 9.57. The number of carbonyl (C=O) groups is 3. The van der Waals surface area contributed by atoms with Gasteiger partial charge in [0.2, 0.25) is 0 Å². The van der Waals surface area contributed by atoms with E-state index in [2.05, 4.69) is 4.74 Å². The van der Waals surface area contributed by atoms with Crippen molar-refractivity contribution < 1.29 is 24.2 Å². The third-order valence-electron chi connectivity index (χ3n) is 3.78. The molecule has 1 N–H and O–H groups in total. The first-order valence-electron chi connectivity index (χ1n) is 7.21. The van der Waals surface area contributed by atoms with Crippen LogP contribution in [0, 0.1) is 0 Å². The maximum atomic E-state index is 12.2. The van der Waals surface area contributed by atoms with Crippen LogP contribution in [0.4, 0.5) is 4.79 Å². The highest BCUT2D eigenvalue weighted by atomic mass is 16.6. The zero-order valence-corrected chi connectivity index (χ0v) is 12.6. The predicted octanol–water partition coefficient (Wildman–Crippen LogP) is 1.30. The van der Waals surface area contributed by atoms with Crippen molar-refractivity contribution in [2.75, 3.05) is 0 Å². The van der Waals surface area contributed by atoms with Gasteiger partial charge in [-0.05, 0) is 32.3 Å². The molecule has 1 aliphatic rings. The molecule has 0 aromatic heterocycles. The third-order valence-corrected chi connectivity index (χ3v) is 3.78. The van der Waals surface area contributed by atoms with Gasteiger partial charge in [-0.25, -0.2) is 9.59 Å². The number of nitrogens with zero attached hydrogens (tertiary/aromatic N) is 1. The number of aryl methyl sites for hydroxylation is 1. The number of aliphatic hydroxyl groups is 1. The smallest absolute Gasteiger partial charge is 0.386 e. The minimum Gasteiger partial charge on any atom is -0.386 e. The van der Waals surface area contributed by atoms with Crippen LogP contribution in [0.15, 0.2) is 30.3 Å². The molecule has 1 aliphatic heterocycles. The van der Waals surface area contributed by atoms with Gasteiger partial charge in [-0.1, -0.05) is 30.3 Å². The number of esters is 1. The molecule has 3 atom stereocenters. The lowest BCUT2D eigenvalue weighted by Gasteiger charge is -2.28. The first-order chi connectivity index (χ1) is 10.4. The molecule has 118 valence electrons. The van der Waals surface area contributed by atoms with Crippen molar-refractivity contribution in [3.05, 3.63) is 35.9 Å². The molecule has 1 saturated heterocycles. The second-order valence-corrected chi connectivity index (χ2v) is 5.39. The standard InChI is InChI=1S/C16H19NO5/c1-10-15(20)22-16(21)17(10)13(14(19)11(2)18)9-8-12-6-4-3-5-7-12/h3-7,10-11,13,18H,8-9H2,1-2H3/t10?,11?,13-/m0/s1. The molecule has 0 spiro atoms. The molecule has 1 heterocycles. The molecule has 0 saturated carbocycles. The lowest BCUT2D eigenvalue weighted by atomic mass is 9.97. The van der Waals surface area contributed by atoms with Gasteiger partial charge in [0.05, 0.1) is 6.04 Å². The molecular formula is C16H19NO5. The number of carbonyl (C=O) groups excluding carboxylic acids is 3. The molecule has 0 bridgehead atoms. The number of hydrogen-bond donors (Lipinski definition) is 1. The fourth-order valence-corrected chi connectivity index (χ4v) is 2.54. The number of benzene rings is 1. The predicted molar refractivity (Wildman–Crippen MR) is 78.0 cm³/mol. The first kappa shape index (κ1) is 16.2. The summed E-state index contributed by atoms with van der Waals surface area (Å²) in [4.78, 5) is 36.7. The fraction of sp³-hybridized carbons (Fsp3) is 0.438. The van der Waals surface area contributed by atoms with Gasteiger partial charge < -0.3 is 9.84 Å². The monoisotopic (exact) mass is 305 g/mol. The number of ether oxygens (including phenoxy) is 1. The van der Waals surface area contributed by atoms with Crippen molar-refractivity contribution in [3.8, 4) is 0 Å². The average Bonchev–Trinajstić information content (AvgIpc) is 2.74. The van der Waals surface area contributed by atoms with E-state index in [1.165, 1.54) is 13.8 Å². The molecule has 1 amide bonds. The summed E-state index contributed by atoms with van der Waals surface area (Å²) in [6.45, 7) is 2.86. The highest BCUT2D eigenvalue weighted by Gasteiger charge is 2.45. The molecule has 0 radical (unpaired) electrons. The number of aliphatic hydroxyl groups excluding tert-OH is 1. The Bertz CT molecular complexity index is 569. The summed E-state index contributed by atoms with van der Waals surface area (Å²) in [5.41, 5.74) is 1.01. The number of cyclic esters (lactones) is 2. The van der Waals surface area contributed by atoms with Crippen LogP contribution in [-0.4, -0.2) is 46.0 Å². The number of hydrogen-bond acceptors (Lipinski definition) is 5. The maximum Gasteiger partial charge on any atom is 0.418 e. The molecule has 2 rings (SSSR count). The van der Waals surface area contributed by atoms with Gasteiger partial charge in [-0.15, -0.1) is 0 Å². The summed E-state index contributed by atoms with van der Waals surface area (Å²) in [5.74, 6) is -1.16. The molecule has 22 heavy (non-hydrogen) atoms. The molecule has 1 fully saturated rings. The topological polar surface area (TPSA) is 83.9 Å². The van der Waals surface area contributed by atoms with Crippen molar-refractivity contribution in [3.63, 3.8) is 0 Å². The van der Waals surface area contributed by atoms with Crippen molar-refractivity contribution in [2.24, 2.45) is 0 Å². The van der Waals surface area contributed by atoms with Gasteiger partial charge in [-0.3, -0.25) is 9.69 Å². The Labute approximate surface area is 128 Å². The molecular weight excluding hydrogens is 286 g/mol. The van der Waals surface area contributed by atoms with Crippen LogP contribution in [0.1, 0.15) is 25.8 Å². The molecule has 6 nitrogen and oxygen atoms in total. The highest BCUT2D eigenvalue weighted by Crippen LogP contribution is 2.22. The van der Waals surface area contributed by atoms with Crippen LogP contribution >= 0.6 is 0 Å². The summed E-state index contributed by atoms with van der Waals surface area (Å²) < 4.78 is 4.56. The van der Waals surface area contributed by atoms with Gasteiger partial charge in [0.25, 0.3) is 0 Å². The largest absolute Gasteiger partial charge is 0.418 e. The van der Waals surface area contributed by atoms with E-state index in [1.807, 2.05) is 30.3 Å². The lowest BCUT2D eigenvalue weighted by molar-refractivity contribution is -0.136. The quantitative estimate of drug-likeness (QED) is 0.632. The van der Waals surface area contributed by atoms with E-state index in [4.69, 9.17) is 0 Å². The number of rotatable bonds is 6. The van der Waals surface area contributed by atoms with Crippen molar-refractivity contribution in [1.29, 1.82) is 0 Å². The van der Waals surface area contributed by atoms with Crippen LogP contribution in [0.5, 0.6) is 0 Å². The summed E-state index contributed by atoms with van der Waals surface area (Å²) in [6.07, 6.45) is -1.17. The van der Waals surface area contributed by atoms with E-state index in [9.17, 15) is 19.5 Å². The molecule has 0 aliphatic carbocycles. The Balaban J connectivity index is 2.18. The minimum atomic E-state index is -1.21. The first-order valence-corrected chi connectivity index (χ1v) is 7.21. The van der Waals surface area contributed by atoms with Gasteiger partial charge in [0.1, 0.15) is 12.1 Å². The summed E-state index contributed by atoms with van der Waals surface area (Å²) in [6, 6.07) is 7.79. The Morgan fingerprint density at radius 1 is 1.32 bits per heavy atom. The summed E-state index contributed by atoms with van der Waals surface area (Å²) in [7, 11) is 0. The Morgan fingerprint density at radius 3 is 2.45 bits per heavy atom. The fourth-order valence-electron chi connectivity index (χ4n) is 2.54. The zero-order valence-electron chi connectivity index (χ0n) is 12.6. The molecule has 6 heteroatoms. The lowest BCUT2D eigenvalue weighted by Crippen LogP contribution is -2.49. The number of ketones is 1. The molecule has 1 aromatic carbocycles. The van der Waals surface area contributed by atoms with Crippen molar-refractivity contribution in [1.82, 2.24) is 4.90 Å². The van der Waals surface area contributed by atoms with Crippen LogP contribution in [-0.2, 0) is 20.7 Å². The minimum absolute atomic E-state index is 0.320. The van der Waals surface area contributed by atoms with E-state index in [0.29, 0.717) is 12.8 Å². The van der Waals surface area contributed by atoms with Gasteiger partial charge in [0, 0.05) is 0 Å². The molecule has 2 unspecified atom stereocenters. The third kappa shape index (κ3) is 3.33. The van der Waals surface area contributed by atoms with E-state index in [1.54, 1.807) is 0 Å². The number of Topliss-reactive ketones (excluding diaryl/α,β-unsaturated/α-hetero) is 1. The Morgan fingerprint density at radius 2 is 1.95 bits per heavy atom. The van der Waals surface area contributed by atoms with Gasteiger partial charge >= 0.3 is 12.1 Å². The Hall–Kier alpha value is -2.21. The van der Waals surface area contributed by atoms with Crippen LogP contribution in [0.3, 0.4) is 0 Å². The van der Waals surface area contributed by atoms with Crippen molar-refractivity contribution >= 4 is 17.8 Å². The zero-order chi connectivity index (χ0) is 16.3. The van der Waals surface area contributed by atoms with Gasteiger partial charge in [0.15, 0.2) is 5.78 Å². The van der Waals surface area contributed by atoms with Crippen LogP contribution in [0.25, 0.3) is 0 Å². The van der Waals surface area contributed by atoms with E-state index in [-0.39, 0.29) is 0 Å². The molecule has 1 aromatic rings. The maximum absolute atomic E-state index is 12.2. The second-order valence-electron chi connectivity index (χ2n) is 5.39. The normalized spacial score (nSPS) is 20.7. The highest BCUT2D eigenvalue weighted by molar-refractivity contribution is 5.99. The van der Waals surface area contributed by atoms with Gasteiger partial charge in [-0.2, -0.15) is 0 Å². The summed E-state index contributed by atoms with van der Waals surface area (Å²) >= 11 is 0. The SMILES string of the molecule is CC(O)C(=O)[C@H](CCc1ccccc1)N1C(=O)OC(=O)C1C. The van der Waals surface area contributed by atoms with E-state index in [0.717, 1.165) is 10.5 Å². The second kappa shape index (κ2) is 6.70. The van der Waals surface area contributed by atoms with Crippen molar-refractivity contribution in [2.45, 2.75) is 44.9 Å². The van der Waals surface area contributed by atoms with Crippen LogP contribution in [0.2, 0.25) is 0 Å². The van der Waals surface area contributed by atoms with Crippen LogP contribution < -0.4 is 0 Å².